The van der Waals surface area contributed by atoms with Crippen LogP contribution >= 0.6 is 15.9 Å². The van der Waals surface area contributed by atoms with Gasteiger partial charge in [0, 0.05) is 13.7 Å². The fraction of sp³-hybridized carbons (Fsp3) is 0.500. The quantitative estimate of drug-likeness (QED) is 0.740. The van der Waals surface area contributed by atoms with E-state index < -0.39 is 0 Å². The molecule has 0 aromatic carbocycles. The van der Waals surface area contributed by atoms with Gasteiger partial charge in [-0.05, 0) is 15.9 Å². The third-order valence-corrected chi connectivity index (χ3v) is 2.31. The van der Waals surface area contributed by atoms with E-state index in [1.54, 1.807) is 4.57 Å². The lowest BCUT2D eigenvalue weighted by molar-refractivity contribution is 0.107. The van der Waals surface area contributed by atoms with Gasteiger partial charge in [0.15, 0.2) is 6.29 Å². The normalized spacial score (nSPS) is 10.3. The largest absolute Gasteiger partial charge is 0.395 e. The molecule has 1 rings (SSSR count). The molecule has 0 aliphatic heterocycles. The number of anilines is 1. The number of carbonyl (C=O) groups is 1. The number of aldehydes is 1. The Morgan fingerprint density at radius 3 is 3.00 bits per heavy atom. The molecule has 0 bridgehead atoms. The van der Waals surface area contributed by atoms with E-state index in [-0.39, 0.29) is 13.3 Å². The maximum atomic E-state index is 10.8. The van der Waals surface area contributed by atoms with Crippen LogP contribution in [0.15, 0.2) is 4.60 Å². The standard InChI is InChI=1S/C8H12BrN3O3/c1-15-5-12-6(4-14)7(9)11-8(12)10-2-3-13/h4,13H,2-3,5H2,1H3,(H,10,11). The zero-order valence-electron chi connectivity index (χ0n) is 8.23. The summed E-state index contributed by atoms with van der Waals surface area (Å²) in [7, 11) is 1.53. The smallest absolute Gasteiger partial charge is 0.206 e. The minimum absolute atomic E-state index is 0.00607. The molecule has 1 aromatic rings. The molecule has 0 amide bonds. The molecule has 0 saturated carbocycles. The Bertz CT molecular complexity index is 340. The Kier molecular flexibility index (Phi) is 4.73. The number of hydrogen-bond acceptors (Lipinski definition) is 5. The summed E-state index contributed by atoms with van der Waals surface area (Å²) in [5.74, 6) is 0.486. The number of nitrogens with one attached hydrogen (secondary N) is 1. The minimum Gasteiger partial charge on any atom is -0.395 e. The maximum absolute atomic E-state index is 10.8. The highest BCUT2D eigenvalue weighted by atomic mass is 79.9. The van der Waals surface area contributed by atoms with E-state index in [0.717, 1.165) is 0 Å². The third-order valence-electron chi connectivity index (χ3n) is 1.73. The first-order valence-electron chi connectivity index (χ1n) is 4.29. The number of methoxy groups -OCH3 is 1. The molecule has 84 valence electrons. The van der Waals surface area contributed by atoms with E-state index in [9.17, 15) is 4.79 Å². The molecule has 0 aliphatic carbocycles. The highest BCUT2D eigenvalue weighted by Crippen LogP contribution is 2.19. The Morgan fingerprint density at radius 2 is 2.47 bits per heavy atom. The van der Waals surface area contributed by atoms with Crippen molar-refractivity contribution in [1.29, 1.82) is 0 Å². The van der Waals surface area contributed by atoms with Crippen molar-refractivity contribution in [3.8, 4) is 0 Å². The number of halogens is 1. The van der Waals surface area contributed by atoms with E-state index >= 15 is 0 Å². The number of imidazole rings is 1. The molecule has 1 heterocycles. The molecule has 6 nitrogen and oxygen atoms in total. The molecule has 7 heteroatoms. The van der Waals surface area contributed by atoms with E-state index in [1.165, 1.54) is 7.11 Å². The van der Waals surface area contributed by atoms with Crippen LogP contribution < -0.4 is 5.32 Å². The van der Waals surface area contributed by atoms with Crippen molar-refractivity contribution in [3.63, 3.8) is 0 Å². The number of aliphatic hydroxyl groups is 1. The Morgan fingerprint density at radius 1 is 1.73 bits per heavy atom. The van der Waals surface area contributed by atoms with E-state index in [2.05, 4.69) is 26.2 Å². The van der Waals surface area contributed by atoms with Crippen molar-refractivity contribution in [2.45, 2.75) is 6.73 Å². The van der Waals surface area contributed by atoms with Crippen LogP contribution in [-0.4, -0.2) is 41.2 Å². The molecule has 0 spiro atoms. The van der Waals surface area contributed by atoms with E-state index in [1.807, 2.05) is 0 Å². The third kappa shape index (κ3) is 2.77. The van der Waals surface area contributed by atoms with Crippen LogP contribution in [-0.2, 0) is 11.5 Å². The Hall–Kier alpha value is -0.920. The molecule has 1 aromatic heterocycles. The molecule has 0 fully saturated rings. The summed E-state index contributed by atoms with van der Waals surface area (Å²) in [5.41, 5.74) is 0.400. The SMILES string of the molecule is COCn1c(NCCO)nc(Br)c1C=O. The molecular weight excluding hydrogens is 266 g/mol. The van der Waals surface area contributed by atoms with Gasteiger partial charge >= 0.3 is 0 Å². The molecule has 0 radical (unpaired) electrons. The average molecular weight is 278 g/mol. The van der Waals surface area contributed by atoms with Gasteiger partial charge in [-0.2, -0.15) is 0 Å². The maximum Gasteiger partial charge on any atom is 0.206 e. The molecule has 0 aliphatic rings. The number of aliphatic hydroxyl groups excluding tert-OH is 1. The van der Waals surface area contributed by atoms with E-state index in [4.69, 9.17) is 9.84 Å². The van der Waals surface area contributed by atoms with Crippen LogP contribution in [0.5, 0.6) is 0 Å². The van der Waals surface area contributed by atoms with Crippen LogP contribution in [0, 0.1) is 0 Å². The van der Waals surface area contributed by atoms with Gasteiger partial charge in [0.25, 0.3) is 0 Å². The number of rotatable bonds is 6. The summed E-state index contributed by atoms with van der Waals surface area (Å²) in [4.78, 5) is 14.9. The number of aromatic nitrogens is 2. The van der Waals surface area contributed by atoms with Crippen LogP contribution in [0.4, 0.5) is 5.95 Å². The summed E-state index contributed by atoms with van der Waals surface area (Å²) in [6.07, 6.45) is 0.695. The Labute approximate surface area is 95.4 Å². The lowest BCUT2D eigenvalue weighted by Gasteiger charge is -2.08. The van der Waals surface area contributed by atoms with Crippen molar-refractivity contribution >= 4 is 28.2 Å². The van der Waals surface area contributed by atoms with Gasteiger partial charge in [-0.15, -0.1) is 0 Å². The van der Waals surface area contributed by atoms with Crippen molar-refractivity contribution < 1.29 is 14.6 Å². The summed E-state index contributed by atoms with van der Waals surface area (Å²) in [6, 6.07) is 0. The van der Waals surface area contributed by atoms with Crippen molar-refractivity contribution in [3.05, 3.63) is 10.3 Å². The fourth-order valence-electron chi connectivity index (χ4n) is 1.11. The second-order valence-corrected chi connectivity index (χ2v) is 3.48. The van der Waals surface area contributed by atoms with Crippen molar-refractivity contribution in [2.75, 3.05) is 25.6 Å². The van der Waals surface area contributed by atoms with Gasteiger partial charge in [-0.1, -0.05) is 0 Å². The molecule has 2 N–H and O–H groups in total. The summed E-state index contributed by atoms with van der Waals surface area (Å²) in [6.45, 7) is 0.583. The number of carbonyl (C=O) groups excluding carboxylic acids is 1. The van der Waals surface area contributed by atoms with Crippen LogP contribution in [0.1, 0.15) is 10.5 Å². The van der Waals surface area contributed by atoms with Gasteiger partial charge < -0.3 is 15.2 Å². The first-order chi connectivity index (χ1) is 7.24. The lowest BCUT2D eigenvalue weighted by Crippen LogP contribution is -2.13. The number of nitrogens with zero attached hydrogens (tertiary/aromatic N) is 2. The monoisotopic (exact) mass is 277 g/mol. The number of ether oxygens (including phenoxy) is 1. The Balaban J connectivity index is 2.97. The van der Waals surface area contributed by atoms with Gasteiger partial charge in [0.1, 0.15) is 17.0 Å². The van der Waals surface area contributed by atoms with Crippen molar-refractivity contribution in [2.24, 2.45) is 0 Å². The summed E-state index contributed by atoms with van der Waals surface area (Å²) < 4.78 is 6.97. The van der Waals surface area contributed by atoms with Gasteiger partial charge in [-0.3, -0.25) is 9.36 Å². The minimum atomic E-state index is -0.00607. The summed E-state index contributed by atoms with van der Waals surface area (Å²) in [5, 5.41) is 11.5. The van der Waals surface area contributed by atoms with Gasteiger partial charge in [0.2, 0.25) is 5.95 Å². The molecule has 0 saturated heterocycles. The zero-order chi connectivity index (χ0) is 11.3. The lowest BCUT2D eigenvalue weighted by atomic mass is 10.5. The highest BCUT2D eigenvalue weighted by Gasteiger charge is 2.13. The zero-order valence-corrected chi connectivity index (χ0v) is 9.82. The predicted molar refractivity (Wildman–Crippen MR) is 57.9 cm³/mol. The van der Waals surface area contributed by atoms with Crippen LogP contribution in [0.2, 0.25) is 0 Å². The van der Waals surface area contributed by atoms with Crippen LogP contribution in [0.25, 0.3) is 0 Å². The predicted octanol–water partition coefficient (Wildman–Crippen LogP) is 0.466. The molecule has 15 heavy (non-hydrogen) atoms. The molecule has 0 unspecified atom stereocenters. The second kappa shape index (κ2) is 5.84. The second-order valence-electron chi connectivity index (χ2n) is 2.73. The van der Waals surface area contributed by atoms with Crippen LogP contribution in [0.3, 0.4) is 0 Å². The molecular formula is C8H12BrN3O3. The van der Waals surface area contributed by atoms with Crippen molar-refractivity contribution in [1.82, 2.24) is 9.55 Å². The fourth-order valence-corrected chi connectivity index (χ4v) is 1.59. The topological polar surface area (TPSA) is 76.4 Å². The summed E-state index contributed by atoms with van der Waals surface area (Å²) >= 11 is 3.17. The van der Waals surface area contributed by atoms with Gasteiger partial charge in [0.05, 0.1) is 6.61 Å². The first-order valence-corrected chi connectivity index (χ1v) is 5.08. The number of hydrogen-bond donors (Lipinski definition) is 2. The average Bonchev–Trinajstić information content (AvgIpc) is 2.52. The van der Waals surface area contributed by atoms with E-state index in [0.29, 0.717) is 29.1 Å². The van der Waals surface area contributed by atoms with Gasteiger partial charge in [-0.25, -0.2) is 4.98 Å². The highest BCUT2D eigenvalue weighted by molar-refractivity contribution is 9.10. The first kappa shape index (κ1) is 12.2. The molecule has 0 atom stereocenters.